The fraction of sp³-hybridized carbons (Fsp3) is 0.304. The van der Waals surface area contributed by atoms with Crippen LogP contribution in [0.25, 0.3) is 0 Å². The molecule has 27 heavy (non-hydrogen) atoms. The maximum atomic E-state index is 10.5. The average Bonchev–Trinajstić information content (AvgIpc) is 3.18. The predicted molar refractivity (Wildman–Crippen MR) is 106 cm³/mol. The highest BCUT2D eigenvalue weighted by Gasteiger charge is 2.14. The fourth-order valence-corrected chi connectivity index (χ4v) is 3.10. The van der Waals surface area contributed by atoms with Crippen molar-refractivity contribution < 1.29 is 14.3 Å². The van der Waals surface area contributed by atoms with E-state index in [1.165, 1.54) is 16.7 Å². The van der Waals surface area contributed by atoms with Crippen LogP contribution in [0.1, 0.15) is 22.5 Å². The van der Waals surface area contributed by atoms with Crippen LogP contribution in [-0.2, 0) is 24.4 Å². The Hall–Kier alpha value is -2.40. The lowest BCUT2D eigenvalue weighted by atomic mass is 10.1. The Morgan fingerprint density at radius 2 is 1.74 bits per heavy atom. The molecule has 1 heterocycles. The van der Waals surface area contributed by atoms with E-state index in [1.807, 2.05) is 30.3 Å². The Bertz CT molecular complexity index is 786. The van der Waals surface area contributed by atoms with Crippen LogP contribution in [-0.4, -0.2) is 29.3 Å². The van der Waals surface area contributed by atoms with Gasteiger partial charge in [0.1, 0.15) is 12.4 Å². The molecule has 0 amide bonds. The van der Waals surface area contributed by atoms with Gasteiger partial charge in [0.05, 0.1) is 19.0 Å². The molecule has 1 atom stereocenters. The van der Waals surface area contributed by atoms with E-state index >= 15 is 0 Å². The molecule has 0 spiro atoms. The Morgan fingerprint density at radius 1 is 0.963 bits per heavy atom. The molecule has 0 radical (unpaired) electrons. The zero-order chi connectivity index (χ0) is 18.9. The molecule has 3 aromatic rings. The van der Waals surface area contributed by atoms with Crippen molar-refractivity contribution in [2.75, 3.05) is 13.2 Å². The number of aliphatic hydroxyl groups excluding tert-OH is 1. The van der Waals surface area contributed by atoms with E-state index in [2.05, 4.69) is 48.2 Å². The Balaban J connectivity index is 1.59. The summed E-state index contributed by atoms with van der Waals surface area (Å²) in [4.78, 5) is 2.26. The number of furan rings is 1. The van der Waals surface area contributed by atoms with Crippen molar-refractivity contribution in [2.45, 2.75) is 32.7 Å². The molecule has 0 saturated heterocycles. The lowest BCUT2D eigenvalue weighted by Gasteiger charge is -2.26. The number of rotatable bonds is 10. The van der Waals surface area contributed by atoms with Gasteiger partial charge in [-0.25, -0.2) is 0 Å². The average molecular weight is 365 g/mol. The maximum Gasteiger partial charge on any atom is 0.129 e. The molecule has 0 fully saturated rings. The normalized spacial score (nSPS) is 12.4. The third-order valence-electron chi connectivity index (χ3n) is 4.51. The molecule has 0 aliphatic carbocycles. The minimum Gasteiger partial charge on any atom is -0.467 e. The standard InChI is InChI=1S/C23H27NO3/c1-19-8-5-6-11-21(19)15-24(14-20-9-3-2-4-10-20)16-22(25)17-26-18-23-12-7-13-27-23/h2-13,22,25H,14-18H2,1H3/t22-/m1/s1. The molecule has 3 rings (SSSR count). The summed E-state index contributed by atoms with van der Waals surface area (Å²) in [5.74, 6) is 0.767. The van der Waals surface area contributed by atoms with Crippen LogP contribution in [0.5, 0.6) is 0 Å². The number of nitrogens with zero attached hydrogens (tertiary/aromatic N) is 1. The Labute approximate surface area is 161 Å². The van der Waals surface area contributed by atoms with Gasteiger partial charge in [0.15, 0.2) is 0 Å². The van der Waals surface area contributed by atoms with E-state index < -0.39 is 6.10 Å². The molecular formula is C23H27NO3. The van der Waals surface area contributed by atoms with E-state index in [-0.39, 0.29) is 6.61 Å². The number of hydrogen-bond acceptors (Lipinski definition) is 4. The van der Waals surface area contributed by atoms with Crippen molar-refractivity contribution in [1.29, 1.82) is 0 Å². The maximum absolute atomic E-state index is 10.5. The fourth-order valence-electron chi connectivity index (χ4n) is 3.10. The predicted octanol–water partition coefficient (Wildman–Crippen LogP) is 4.17. The van der Waals surface area contributed by atoms with E-state index in [9.17, 15) is 5.11 Å². The zero-order valence-electron chi connectivity index (χ0n) is 15.8. The summed E-state index contributed by atoms with van der Waals surface area (Å²) >= 11 is 0. The summed E-state index contributed by atoms with van der Waals surface area (Å²) in [6.45, 7) is 4.89. The van der Waals surface area contributed by atoms with Crippen molar-refractivity contribution in [1.82, 2.24) is 4.90 Å². The summed E-state index contributed by atoms with van der Waals surface area (Å²) < 4.78 is 10.8. The molecule has 1 aromatic heterocycles. The van der Waals surface area contributed by atoms with Crippen molar-refractivity contribution in [3.05, 3.63) is 95.4 Å². The summed E-state index contributed by atoms with van der Waals surface area (Å²) in [6.07, 6.45) is 1.06. The van der Waals surface area contributed by atoms with E-state index in [1.54, 1.807) is 6.26 Å². The minimum atomic E-state index is -0.562. The van der Waals surface area contributed by atoms with Gasteiger partial charge in [-0.15, -0.1) is 0 Å². The largest absolute Gasteiger partial charge is 0.467 e. The highest BCUT2D eigenvalue weighted by Crippen LogP contribution is 2.14. The van der Waals surface area contributed by atoms with Gasteiger partial charge in [-0.1, -0.05) is 54.6 Å². The highest BCUT2D eigenvalue weighted by atomic mass is 16.5. The van der Waals surface area contributed by atoms with Gasteiger partial charge in [-0.2, -0.15) is 0 Å². The Kier molecular flexibility index (Phi) is 7.22. The monoisotopic (exact) mass is 365 g/mol. The van der Waals surface area contributed by atoms with Crippen molar-refractivity contribution in [2.24, 2.45) is 0 Å². The van der Waals surface area contributed by atoms with Crippen LogP contribution in [0.4, 0.5) is 0 Å². The van der Waals surface area contributed by atoms with Gasteiger partial charge in [-0.3, -0.25) is 4.90 Å². The van der Waals surface area contributed by atoms with Crippen LogP contribution in [0.3, 0.4) is 0 Å². The van der Waals surface area contributed by atoms with Gasteiger partial charge in [-0.05, 0) is 35.7 Å². The molecule has 0 bridgehead atoms. The second-order valence-electron chi connectivity index (χ2n) is 6.83. The zero-order valence-corrected chi connectivity index (χ0v) is 15.8. The summed E-state index contributed by atoms with van der Waals surface area (Å²) in [5, 5.41) is 10.5. The van der Waals surface area contributed by atoms with Crippen molar-refractivity contribution in [3.63, 3.8) is 0 Å². The van der Waals surface area contributed by atoms with Gasteiger partial charge < -0.3 is 14.3 Å². The first kappa shape index (κ1) is 19.4. The van der Waals surface area contributed by atoms with Gasteiger partial charge in [0, 0.05) is 19.6 Å². The third kappa shape index (κ3) is 6.36. The van der Waals surface area contributed by atoms with Gasteiger partial charge in [0.25, 0.3) is 0 Å². The van der Waals surface area contributed by atoms with E-state index in [0.29, 0.717) is 13.2 Å². The molecular weight excluding hydrogens is 338 g/mol. The second-order valence-corrected chi connectivity index (χ2v) is 6.83. The molecule has 0 aliphatic rings. The summed E-state index contributed by atoms with van der Waals surface area (Å²) in [6, 6.07) is 22.4. The van der Waals surface area contributed by atoms with Crippen molar-refractivity contribution >= 4 is 0 Å². The van der Waals surface area contributed by atoms with Crippen LogP contribution >= 0.6 is 0 Å². The topological polar surface area (TPSA) is 45.8 Å². The van der Waals surface area contributed by atoms with Crippen LogP contribution in [0.15, 0.2) is 77.4 Å². The van der Waals surface area contributed by atoms with Gasteiger partial charge in [0.2, 0.25) is 0 Å². The number of aryl methyl sites for hydroxylation is 1. The van der Waals surface area contributed by atoms with Gasteiger partial charge >= 0.3 is 0 Å². The Morgan fingerprint density at radius 3 is 2.48 bits per heavy atom. The van der Waals surface area contributed by atoms with E-state index in [0.717, 1.165) is 18.8 Å². The summed E-state index contributed by atoms with van der Waals surface area (Å²) in [5.41, 5.74) is 3.77. The molecule has 2 aromatic carbocycles. The SMILES string of the molecule is Cc1ccccc1CN(Cc1ccccc1)C[C@@H](O)COCc1ccco1. The highest BCUT2D eigenvalue weighted by molar-refractivity contribution is 5.25. The number of aliphatic hydroxyl groups is 1. The molecule has 1 N–H and O–H groups in total. The molecule has 0 saturated carbocycles. The summed E-state index contributed by atoms with van der Waals surface area (Å²) in [7, 11) is 0. The first-order valence-electron chi connectivity index (χ1n) is 9.29. The van der Waals surface area contributed by atoms with Crippen LogP contribution in [0, 0.1) is 6.92 Å². The molecule has 4 nitrogen and oxygen atoms in total. The van der Waals surface area contributed by atoms with Crippen LogP contribution in [0.2, 0.25) is 0 Å². The molecule has 4 heteroatoms. The number of hydrogen-bond donors (Lipinski definition) is 1. The van der Waals surface area contributed by atoms with Crippen molar-refractivity contribution in [3.8, 4) is 0 Å². The lowest BCUT2D eigenvalue weighted by Crippen LogP contribution is -2.34. The first-order chi connectivity index (χ1) is 13.2. The lowest BCUT2D eigenvalue weighted by molar-refractivity contribution is 0.00250. The minimum absolute atomic E-state index is 0.278. The first-order valence-corrected chi connectivity index (χ1v) is 9.29. The second kappa shape index (κ2) is 10.1. The number of benzene rings is 2. The quantitative estimate of drug-likeness (QED) is 0.586. The van der Waals surface area contributed by atoms with E-state index in [4.69, 9.17) is 9.15 Å². The third-order valence-corrected chi connectivity index (χ3v) is 4.51. The van der Waals surface area contributed by atoms with Crippen LogP contribution < -0.4 is 0 Å². The smallest absolute Gasteiger partial charge is 0.129 e. The molecule has 0 aliphatic heterocycles. The number of ether oxygens (including phenoxy) is 1. The molecule has 0 unspecified atom stereocenters. The molecule has 142 valence electrons.